The number of rotatable bonds is 4. The summed E-state index contributed by atoms with van der Waals surface area (Å²) < 4.78 is 0. The Bertz CT molecular complexity index is 1130. The van der Waals surface area contributed by atoms with Crippen LogP contribution >= 0.6 is 0 Å². The molecule has 5 rings (SSSR count). The van der Waals surface area contributed by atoms with E-state index in [0.717, 1.165) is 28.8 Å². The van der Waals surface area contributed by atoms with Crippen molar-refractivity contribution in [1.82, 2.24) is 20.1 Å². The number of aromatic amines is 2. The Hall–Kier alpha value is -3.73. The molecule has 0 saturated carbocycles. The van der Waals surface area contributed by atoms with Crippen LogP contribution in [0.1, 0.15) is 16.8 Å². The first kappa shape index (κ1) is 15.5. The van der Waals surface area contributed by atoms with Crippen LogP contribution in [0.4, 0.5) is 5.69 Å². The predicted molar refractivity (Wildman–Crippen MR) is 110 cm³/mol. The van der Waals surface area contributed by atoms with E-state index in [9.17, 15) is 0 Å². The molecule has 0 fully saturated rings. The zero-order valence-electron chi connectivity index (χ0n) is 14.7. The van der Waals surface area contributed by atoms with Gasteiger partial charge >= 0.3 is 0 Å². The average Bonchev–Trinajstić information content (AvgIpc) is 3.36. The number of aromatic nitrogens is 3. The first-order valence-corrected chi connectivity index (χ1v) is 8.93. The quantitative estimate of drug-likeness (QED) is 0.494. The number of H-pyrrole nitrogens is 2. The van der Waals surface area contributed by atoms with Crippen molar-refractivity contribution in [2.75, 3.05) is 5.32 Å². The molecule has 1 aliphatic rings. The van der Waals surface area contributed by atoms with Crippen LogP contribution < -0.4 is 5.32 Å². The Balaban J connectivity index is 1.44. The lowest BCUT2D eigenvalue weighted by Gasteiger charge is -2.25. The van der Waals surface area contributed by atoms with Gasteiger partial charge in [-0.05, 0) is 35.9 Å². The standard InChI is InChI=1S/C22H19N5/c1-2-4-16(5-3-1)9-11-27-14-21-19(8-10-23-21)22(15-27)25-18-6-7-20-17(12-18)13-24-26-20/h1-13,15,23,25H,14H2,(H,24,26). The van der Waals surface area contributed by atoms with Gasteiger partial charge in [0.25, 0.3) is 0 Å². The maximum atomic E-state index is 4.09. The number of benzene rings is 2. The second kappa shape index (κ2) is 6.53. The van der Waals surface area contributed by atoms with E-state index in [2.05, 4.69) is 74.2 Å². The summed E-state index contributed by atoms with van der Waals surface area (Å²) in [5.74, 6) is 0. The lowest BCUT2D eigenvalue weighted by Crippen LogP contribution is -2.18. The minimum atomic E-state index is 0.817. The van der Waals surface area contributed by atoms with Crippen LogP contribution in [0.5, 0.6) is 0 Å². The molecule has 0 atom stereocenters. The van der Waals surface area contributed by atoms with Crippen LogP contribution in [-0.2, 0) is 6.54 Å². The number of nitrogens with one attached hydrogen (secondary N) is 3. The van der Waals surface area contributed by atoms with E-state index in [4.69, 9.17) is 0 Å². The normalized spacial score (nSPS) is 13.8. The van der Waals surface area contributed by atoms with Crippen LogP contribution in [0.2, 0.25) is 0 Å². The molecule has 0 aliphatic carbocycles. The maximum absolute atomic E-state index is 4.09. The highest BCUT2D eigenvalue weighted by atomic mass is 15.1. The summed E-state index contributed by atoms with van der Waals surface area (Å²) in [6.45, 7) is 0.817. The zero-order valence-corrected chi connectivity index (χ0v) is 14.7. The van der Waals surface area contributed by atoms with Crippen molar-refractivity contribution in [3.63, 3.8) is 0 Å². The third kappa shape index (κ3) is 3.11. The Morgan fingerprint density at radius 2 is 2.00 bits per heavy atom. The molecular weight excluding hydrogens is 334 g/mol. The fourth-order valence-electron chi connectivity index (χ4n) is 3.37. The minimum Gasteiger partial charge on any atom is -0.363 e. The highest BCUT2D eigenvalue weighted by molar-refractivity contribution is 5.86. The van der Waals surface area contributed by atoms with Gasteiger partial charge in [0.05, 0.1) is 24.0 Å². The molecular formula is C22H19N5. The van der Waals surface area contributed by atoms with Crippen LogP contribution in [0, 0.1) is 0 Å². The fourth-order valence-corrected chi connectivity index (χ4v) is 3.37. The van der Waals surface area contributed by atoms with Crippen LogP contribution in [0.3, 0.4) is 0 Å². The molecule has 0 bridgehead atoms. The number of fused-ring (bicyclic) bond motifs is 2. The summed E-state index contributed by atoms with van der Waals surface area (Å²) in [5.41, 5.74) is 6.72. The second-order valence-electron chi connectivity index (χ2n) is 6.61. The number of hydrogen-bond acceptors (Lipinski definition) is 3. The van der Waals surface area contributed by atoms with E-state index in [1.54, 1.807) is 0 Å². The molecule has 0 spiro atoms. The summed E-state index contributed by atoms with van der Waals surface area (Å²) >= 11 is 0. The molecule has 2 aromatic heterocycles. The molecule has 5 nitrogen and oxygen atoms in total. The van der Waals surface area contributed by atoms with Crippen molar-refractivity contribution in [2.24, 2.45) is 0 Å². The molecule has 27 heavy (non-hydrogen) atoms. The minimum absolute atomic E-state index is 0.817. The van der Waals surface area contributed by atoms with Crippen molar-refractivity contribution >= 4 is 28.4 Å². The summed E-state index contributed by atoms with van der Waals surface area (Å²) in [6.07, 6.45) is 10.2. The SMILES string of the molecule is C(=CN1C=C(Nc2ccc3[nH]ncc3c2)c2cc[nH]c2C1)c1ccccc1. The maximum Gasteiger partial charge on any atom is 0.0651 e. The van der Waals surface area contributed by atoms with E-state index in [1.807, 2.05) is 36.7 Å². The number of nitrogens with zero attached hydrogens (tertiary/aromatic N) is 2. The number of hydrogen-bond donors (Lipinski definition) is 3. The smallest absolute Gasteiger partial charge is 0.0651 e. The molecule has 3 N–H and O–H groups in total. The Morgan fingerprint density at radius 1 is 1.07 bits per heavy atom. The van der Waals surface area contributed by atoms with E-state index < -0.39 is 0 Å². The Kier molecular flexibility index (Phi) is 3.76. The summed E-state index contributed by atoms with van der Waals surface area (Å²) in [7, 11) is 0. The zero-order chi connectivity index (χ0) is 18.1. The summed E-state index contributed by atoms with van der Waals surface area (Å²) in [6, 6.07) is 18.6. The van der Waals surface area contributed by atoms with Crippen molar-refractivity contribution in [1.29, 1.82) is 0 Å². The van der Waals surface area contributed by atoms with Gasteiger partial charge in [-0.2, -0.15) is 5.10 Å². The fraction of sp³-hybridized carbons (Fsp3) is 0.0455. The Labute approximate surface area is 157 Å². The first-order valence-electron chi connectivity index (χ1n) is 8.93. The van der Waals surface area contributed by atoms with E-state index >= 15 is 0 Å². The van der Waals surface area contributed by atoms with Gasteiger partial charge < -0.3 is 15.2 Å². The van der Waals surface area contributed by atoms with Gasteiger partial charge in [-0.1, -0.05) is 30.3 Å². The first-order chi connectivity index (χ1) is 13.3. The van der Waals surface area contributed by atoms with E-state index in [-0.39, 0.29) is 0 Å². The molecule has 0 saturated heterocycles. The highest BCUT2D eigenvalue weighted by Crippen LogP contribution is 2.28. The molecule has 0 amide bonds. The largest absolute Gasteiger partial charge is 0.363 e. The summed E-state index contributed by atoms with van der Waals surface area (Å²) in [4.78, 5) is 5.54. The van der Waals surface area contributed by atoms with Gasteiger partial charge in [0.2, 0.25) is 0 Å². The third-order valence-corrected chi connectivity index (χ3v) is 4.74. The molecule has 132 valence electrons. The topological polar surface area (TPSA) is 59.7 Å². The average molecular weight is 353 g/mol. The molecule has 4 aromatic rings. The highest BCUT2D eigenvalue weighted by Gasteiger charge is 2.17. The van der Waals surface area contributed by atoms with Crippen molar-refractivity contribution in [3.05, 3.63) is 96.2 Å². The van der Waals surface area contributed by atoms with Gasteiger partial charge in [0.1, 0.15) is 0 Å². The monoisotopic (exact) mass is 353 g/mol. The Morgan fingerprint density at radius 3 is 2.93 bits per heavy atom. The van der Waals surface area contributed by atoms with Crippen molar-refractivity contribution in [3.8, 4) is 0 Å². The van der Waals surface area contributed by atoms with Crippen molar-refractivity contribution in [2.45, 2.75) is 6.54 Å². The van der Waals surface area contributed by atoms with Gasteiger partial charge in [-0.25, -0.2) is 0 Å². The molecule has 5 heteroatoms. The third-order valence-electron chi connectivity index (χ3n) is 4.74. The summed E-state index contributed by atoms with van der Waals surface area (Å²) in [5, 5.41) is 11.7. The van der Waals surface area contributed by atoms with Gasteiger partial charge in [-0.15, -0.1) is 0 Å². The van der Waals surface area contributed by atoms with Gasteiger partial charge in [-0.3, -0.25) is 5.10 Å². The van der Waals surface area contributed by atoms with Gasteiger partial charge in [0, 0.05) is 40.9 Å². The van der Waals surface area contributed by atoms with Crippen LogP contribution in [-0.4, -0.2) is 20.1 Å². The van der Waals surface area contributed by atoms with Gasteiger partial charge in [0.15, 0.2) is 0 Å². The van der Waals surface area contributed by atoms with Crippen molar-refractivity contribution < 1.29 is 0 Å². The molecule has 2 aromatic carbocycles. The lowest BCUT2D eigenvalue weighted by atomic mass is 10.1. The number of anilines is 1. The molecule has 1 aliphatic heterocycles. The lowest BCUT2D eigenvalue weighted by molar-refractivity contribution is 0.491. The van der Waals surface area contributed by atoms with Crippen LogP contribution in [0.15, 0.2) is 79.4 Å². The second-order valence-corrected chi connectivity index (χ2v) is 6.61. The molecule has 3 heterocycles. The van der Waals surface area contributed by atoms with E-state index in [1.165, 1.54) is 16.8 Å². The molecule has 0 unspecified atom stereocenters. The molecule has 0 radical (unpaired) electrons. The van der Waals surface area contributed by atoms with E-state index in [0.29, 0.717) is 0 Å². The predicted octanol–water partition coefficient (Wildman–Crippen LogP) is 4.79. The van der Waals surface area contributed by atoms with Crippen LogP contribution in [0.25, 0.3) is 22.7 Å².